The fraction of sp³-hybridized carbons (Fsp3) is 0.667. The van der Waals surface area contributed by atoms with Crippen LogP contribution in [0.1, 0.15) is 94.1 Å². The summed E-state index contributed by atoms with van der Waals surface area (Å²) in [5.41, 5.74) is 2.67. The number of rotatable bonds is 2. The zero-order valence-electron chi connectivity index (χ0n) is 20.9. The van der Waals surface area contributed by atoms with E-state index in [4.69, 9.17) is 4.42 Å². The molecule has 4 saturated carbocycles. The summed E-state index contributed by atoms with van der Waals surface area (Å²) >= 11 is 0. The molecule has 0 radical (unpaired) electrons. The van der Waals surface area contributed by atoms with Crippen molar-refractivity contribution in [3.63, 3.8) is 0 Å². The maximum Gasteiger partial charge on any atom is 0.341 e. The van der Waals surface area contributed by atoms with Crippen LogP contribution in [0.3, 0.4) is 0 Å². The molecule has 182 valence electrons. The number of fused-ring (bicyclic) bond motifs is 7. The molecule has 1 N–H and O–H groups in total. The van der Waals surface area contributed by atoms with Crippen molar-refractivity contribution in [1.29, 1.82) is 0 Å². The highest BCUT2D eigenvalue weighted by Gasteiger charge is 2.62. The van der Waals surface area contributed by atoms with Crippen LogP contribution in [0.25, 0.3) is 12.2 Å². The molecule has 7 unspecified atom stereocenters. The van der Waals surface area contributed by atoms with Crippen LogP contribution in [0.2, 0.25) is 0 Å². The van der Waals surface area contributed by atoms with Gasteiger partial charge < -0.3 is 9.73 Å². The molecule has 1 aromatic rings. The number of carbonyl (C=O) groups excluding carboxylic acids is 1. The SMILES string of the molecule is C=Cc1oc(=O)c2c(c1C=C)CCNC21CCC2(C)C(CCC3C4CCC(=O)C4(C)CCC32)C1. The van der Waals surface area contributed by atoms with Crippen LogP contribution in [-0.4, -0.2) is 12.3 Å². The largest absolute Gasteiger partial charge is 0.422 e. The van der Waals surface area contributed by atoms with Gasteiger partial charge in [0.15, 0.2) is 0 Å². The normalized spacial score (nSPS) is 42.9. The van der Waals surface area contributed by atoms with E-state index in [0.717, 1.165) is 68.2 Å². The lowest BCUT2D eigenvalue weighted by molar-refractivity contribution is -0.142. The molecular weight excluding hydrogens is 422 g/mol. The standard InChI is InChI=1S/C30H39NO3/c1-5-19-20-12-16-31-30(26(20)27(33)34-24(19)6-2)15-14-28(3)18(17-30)7-8-21-22-9-10-25(32)29(22,4)13-11-23(21)28/h5-6,18,21-23,31H,1-2,7-17H2,3-4H3. The summed E-state index contributed by atoms with van der Waals surface area (Å²) in [6.45, 7) is 13.6. The molecule has 4 nitrogen and oxygen atoms in total. The van der Waals surface area contributed by atoms with Crippen molar-refractivity contribution < 1.29 is 9.21 Å². The summed E-state index contributed by atoms with van der Waals surface area (Å²) in [6, 6.07) is 0. The molecule has 4 aliphatic carbocycles. The van der Waals surface area contributed by atoms with Crippen LogP contribution in [0.5, 0.6) is 0 Å². The van der Waals surface area contributed by atoms with E-state index < -0.39 is 0 Å². The van der Waals surface area contributed by atoms with Gasteiger partial charge in [-0.1, -0.05) is 33.1 Å². The lowest BCUT2D eigenvalue weighted by Gasteiger charge is -2.62. The Labute approximate surface area is 203 Å². The number of carbonyl (C=O) groups is 1. The molecule has 0 amide bonds. The Balaban J connectivity index is 1.35. The molecule has 34 heavy (non-hydrogen) atoms. The van der Waals surface area contributed by atoms with Gasteiger partial charge in [-0.15, -0.1) is 0 Å². The van der Waals surface area contributed by atoms with Crippen LogP contribution in [0.4, 0.5) is 0 Å². The van der Waals surface area contributed by atoms with Gasteiger partial charge in [-0.3, -0.25) is 4.79 Å². The van der Waals surface area contributed by atoms with E-state index in [1.807, 2.05) is 6.08 Å². The molecule has 4 fully saturated rings. The zero-order valence-corrected chi connectivity index (χ0v) is 20.9. The molecule has 0 saturated heterocycles. The monoisotopic (exact) mass is 461 g/mol. The second kappa shape index (κ2) is 7.53. The number of nitrogens with one attached hydrogen (secondary N) is 1. The van der Waals surface area contributed by atoms with Crippen molar-refractivity contribution in [2.45, 2.75) is 83.6 Å². The summed E-state index contributed by atoms with van der Waals surface area (Å²) in [5, 5.41) is 3.83. The Morgan fingerprint density at radius 3 is 2.56 bits per heavy atom. The molecule has 0 bridgehead atoms. The fourth-order valence-electron chi connectivity index (χ4n) is 9.67. The number of hydrogen-bond acceptors (Lipinski definition) is 4. The molecule has 7 atom stereocenters. The first-order valence-electron chi connectivity index (χ1n) is 13.5. The minimum absolute atomic E-state index is 0.0625. The maximum atomic E-state index is 13.3. The molecule has 1 aliphatic heterocycles. The second-order valence-corrected chi connectivity index (χ2v) is 12.5. The highest BCUT2D eigenvalue weighted by atomic mass is 16.4. The Hall–Kier alpha value is -1.94. The van der Waals surface area contributed by atoms with Crippen LogP contribution in [-0.2, 0) is 16.8 Å². The van der Waals surface area contributed by atoms with Gasteiger partial charge in [-0.25, -0.2) is 4.79 Å². The average Bonchev–Trinajstić information content (AvgIpc) is 3.14. The number of hydrogen-bond donors (Lipinski definition) is 1. The minimum atomic E-state index is -0.296. The summed E-state index contributed by atoms with van der Waals surface area (Å²) in [7, 11) is 0. The lowest BCUT2D eigenvalue weighted by Crippen LogP contribution is -2.60. The average molecular weight is 462 g/mol. The van der Waals surface area contributed by atoms with E-state index >= 15 is 0 Å². The second-order valence-electron chi connectivity index (χ2n) is 12.5. The first kappa shape index (κ1) is 22.5. The lowest BCUT2D eigenvalue weighted by atomic mass is 9.43. The van der Waals surface area contributed by atoms with Gasteiger partial charge in [0.25, 0.3) is 0 Å². The van der Waals surface area contributed by atoms with Gasteiger partial charge in [0.05, 0.1) is 11.1 Å². The van der Waals surface area contributed by atoms with Crippen molar-refractivity contribution >= 4 is 17.9 Å². The predicted molar refractivity (Wildman–Crippen MR) is 135 cm³/mol. The van der Waals surface area contributed by atoms with E-state index in [0.29, 0.717) is 40.6 Å². The maximum absolute atomic E-state index is 13.3. The first-order valence-corrected chi connectivity index (χ1v) is 13.5. The quantitative estimate of drug-likeness (QED) is 0.598. The van der Waals surface area contributed by atoms with E-state index in [-0.39, 0.29) is 16.6 Å². The number of ketones is 1. The number of Topliss-reactive ketones (excluding diaryl/α,β-unsaturated/α-hetero) is 1. The molecule has 5 aliphatic rings. The van der Waals surface area contributed by atoms with Crippen LogP contribution < -0.4 is 10.9 Å². The third-order valence-electron chi connectivity index (χ3n) is 11.5. The molecular formula is C30H39NO3. The van der Waals surface area contributed by atoms with Gasteiger partial charge in [-0.05, 0) is 98.5 Å². The summed E-state index contributed by atoms with van der Waals surface area (Å²) in [4.78, 5) is 26.1. The molecule has 1 aromatic heterocycles. The first-order chi connectivity index (χ1) is 16.3. The van der Waals surface area contributed by atoms with Gasteiger partial charge in [-0.2, -0.15) is 0 Å². The Kier molecular flexibility index (Phi) is 4.99. The topological polar surface area (TPSA) is 59.3 Å². The van der Waals surface area contributed by atoms with E-state index in [2.05, 4.69) is 32.3 Å². The van der Waals surface area contributed by atoms with Crippen LogP contribution in [0.15, 0.2) is 22.4 Å². The summed E-state index contributed by atoms with van der Waals surface area (Å²) in [5.74, 6) is 3.65. The van der Waals surface area contributed by atoms with Gasteiger partial charge in [0, 0.05) is 23.9 Å². The third-order valence-corrected chi connectivity index (χ3v) is 11.5. The van der Waals surface area contributed by atoms with Crippen LogP contribution in [0, 0.1) is 34.5 Å². The molecule has 4 heteroatoms. The molecule has 1 spiro atoms. The van der Waals surface area contributed by atoms with Gasteiger partial charge in [0.2, 0.25) is 0 Å². The van der Waals surface area contributed by atoms with E-state index in [1.165, 1.54) is 19.3 Å². The summed E-state index contributed by atoms with van der Waals surface area (Å²) in [6.07, 6.45) is 14.0. The van der Waals surface area contributed by atoms with Crippen molar-refractivity contribution in [2.75, 3.05) is 6.54 Å². The fourth-order valence-corrected chi connectivity index (χ4v) is 9.67. The Morgan fingerprint density at radius 1 is 0.971 bits per heavy atom. The smallest absolute Gasteiger partial charge is 0.341 e. The predicted octanol–water partition coefficient (Wildman–Crippen LogP) is 5.88. The van der Waals surface area contributed by atoms with Crippen molar-refractivity contribution in [1.82, 2.24) is 5.32 Å². The van der Waals surface area contributed by atoms with E-state index in [9.17, 15) is 9.59 Å². The van der Waals surface area contributed by atoms with Crippen molar-refractivity contribution in [3.05, 3.63) is 46.0 Å². The zero-order chi connectivity index (χ0) is 23.9. The van der Waals surface area contributed by atoms with Crippen molar-refractivity contribution in [3.8, 4) is 0 Å². The summed E-state index contributed by atoms with van der Waals surface area (Å²) < 4.78 is 5.77. The molecule has 2 heterocycles. The van der Waals surface area contributed by atoms with Gasteiger partial charge >= 0.3 is 5.63 Å². The minimum Gasteiger partial charge on any atom is -0.422 e. The molecule has 6 rings (SSSR count). The van der Waals surface area contributed by atoms with Crippen molar-refractivity contribution in [2.24, 2.45) is 34.5 Å². The highest BCUT2D eigenvalue weighted by molar-refractivity contribution is 5.87. The Bertz CT molecular complexity index is 1130. The Morgan fingerprint density at radius 2 is 1.79 bits per heavy atom. The third kappa shape index (κ3) is 2.81. The van der Waals surface area contributed by atoms with Gasteiger partial charge in [0.1, 0.15) is 11.5 Å². The van der Waals surface area contributed by atoms with E-state index in [1.54, 1.807) is 6.08 Å². The highest BCUT2D eigenvalue weighted by Crippen LogP contribution is 2.67. The molecule has 0 aromatic carbocycles. The van der Waals surface area contributed by atoms with Crippen LogP contribution >= 0.6 is 0 Å².